The molecule has 0 bridgehead atoms. The lowest BCUT2D eigenvalue weighted by Gasteiger charge is -2.32. The van der Waals surface area contributed by atoms with Crippen LogP contribution in [0.15, 0.2) is 42.6 Å². The van der Waals surface area contributed by atoms with Gasteiger partial charge in [0.2, 0.25) is 5.91 Å². The second-order valence-corrected chi connectivity index (χ2v) is 9.70. The Morgan fingerprint density at radius 1 is 1.25 bits per heavy atom. The third-order valence-electron chi connectivity index (χ3n) is 6.13. The Labute approximate surface area is 193 Å². The first-order chi connectivity index (χ1) is 15.4. The summed E-state index contributed by atoms with van der Waals surface area (Å²) in [6, 6.07) is 10.4. The maximum atomic E-state index is 12.7. The van der Waals surface area contributed by atoms with Crippen molar-refractivity contribution in [1.82, 2.24) is 19.7 Å². The molecule has 4 rings (SSSR count). The number of nitrogens with two attached hydrogens (primary N) is 1. The normalized spacial score (nSPS) is 15.6. The van der Waals surface area contributed by atoms with Gasteiger partial charge in [0.1, 0.15) is 5.82 Å². The zero-order valence-corrected chi connectivity index (χ0v) is 19.9. The van der Waals surface area contributed by atoms with Gasteiger partial charge < -0.3 is 15.5 Å². The summed E-state index contributed by atoms with van der Waals surface area (Å²) >= 11 is 1.75. The number of aromatic nitrogens is 1. The van der Waals surface area contributed by atoms with Crippen LogP contribution in [-0.4, -0.2) is 65.9 Å². The minimum absolute atomic E-state index is 0.0284. The number of carbonyl (C=O) groups excluding carboxylic acids is 1. The Balaban J connectivity index is 1.40. The number of likely N-dealkylation sites (N-methyl/N-ethyl adjacent to an activating group) is 2. The van der Waals surface area contributed by atoms with Crippen LogP contribution in [0.2, 0.25) is 0 Å². The van der Waals surface area contributed by atoms with E-state index in [0.717, 1.165) is 43.9 Å². The molecule has 3 heterocycles. The molecule has 0 aliphatic carbocycles. The molecule has 1 fully saturated rings. The Morgan fingerprint density at radius 3 is 2.75 bits per heavy atom. The van der Waals surface area contributed by atoms with Crippen LogP contribution < -0.4 is 5.73 Å². The number of amides is 1. The van der Waals surface area contributed by atoms with E-state index in [0.29, 0.717) is 12.4 Å². The summed E-state index contributed by atoms with van der Waals surface area (Å²) in [4.78, 5) is 24.8. The average Bonchev–Trinajstić information content (AvgIpc) is 3.11. The lowest BCUT2D eigenvalue weighted by Crippen LogP contribution is -2.44. The van der Waals surface area contributed by atoms with E-state index in [1.165, 1.54) is 20.5 Å². The fourth-order valence-electron chi connectivity index (χ4n) is 3.97. The Kier molecular flexibility index (Phi) is 6.89. The number of aryl methyl sites for hydroxylation is 1. The maximum absolute atomic E-state index is 12.7. The highest BCUT2D eigenvalue weighted by Gasteiger charge is 2.16. The van der Waals surface area contributed by atoms with Gasteiger partial charge in [0, 0.05) is 67.2 Å². The van der Waals surface area contributed by atoms with Crippen molar-refractivity contribution in [2.45, 2.75) is 20.0 Å². The number of rotatable bonds is 6. The van der Waals surface area contributed by atoms with Crippen molar-refractivity contribution in [3.8, 4) is 0 Å². The quantitative estimate of drug-likeness (QED) is 0.583. The number of hydrogen-bond donors (Lipinski definition) is 1. The lowest BCUT2D eigenvalue weighted by molar-refractivity contribution is -0.125. The second-order valence-electron chi connectivity index (χ2n) is 8.57. The number of nitrogen functional groups attached to an aromatic ring is 1. The summed E-state index contributed by atoms with van der Waals surface area (Å²) in [7, 11) is 3.99. The zero-order chi connectivity index (χ0) is 22.7. The Morgan fingerprint density at radius 2 is 2.00 bits per heavy atom. The molecule has 3 aromatic rings. The van der Waals surface area contributed by atoms with Crippen molar-refractivity contribution in [1.29, 1.82) is 0 Å². The van der Waals surface area contributed by atoms with E-state index in [1.54, 1.807) is 28.5 Å². The first-order valence-corrected chi connectivity index (χ1v) is 11.8. The van der Waals surface area contributed by atoms with Gasteiger partial charge >= 0.3 is 0 Å². The third kappa shape index (κ3) is 5.18. The molecule has 2 aromatic heterocycles. The largest absolute Gasteiger partial charge is 0.383 e. The van der Waals surface area contributed by atoms with Crippen LogP contribution in [0.1, 0.15) is 21.6 Å². The molecule has 6 nitrogen and oxygen atoms in total. The number of fused-ring (bicyclic) bond motifs is 1. The van der Waals surface area contributed by atoms with Crippen molar-refractivity contribution >= 4 is 39.2 Å². The topological polar surface area (TPSA) is 65.7 Å². The van der Waals surface area contributed by atoms with E-state index in [-0.39, 0.29) is 5.91 Å². The monoisotopic (exact) mass is 449 g/mol. The zero-order valence-electron chi connectivity index (χ0n) is 19.0. The fourth-order valence-corrected chi connectivity index (χ4v) is 5.23. The standard InChI is InChI=1S/C25H31N5OS/c1-18-21-6-4-5-7-22(21)32-23(18)17-29(3)24(31)9-8-19-14-20(25(26)27-15-19)16-30-12-10-28(2)11-13-30/h4-9,14-15H,10-13,16-17H2,1-3H3,(H2,26,27). The van der Waals surface area contributed by atoms with Crippen molar-refractivity contribution in [3.63, 3.8) is 0 Å². The van der Waals surface area contributed by atoms with Crippen LogP contribution in [0.5, 0.6) is 0 Å². The van der Waals surface area contributed by atoms with Gasteiger partial charge in [-0.15, -0.1) is 11.3 Å². The van der Waals surface area contributed by atoms with Crippen LogP contribution in [0.4, 0.5) is 5.82 Å². The van der Waals surface area contributed by atoms with Crippen LogP contribution in [0.25, 0.3) is 16.2 Å². The lowest BCUT2D eigenvalue weighted by atomic mass is 10.1. The first kappa shape index (κ1) is 22.5. The number of thiophene rings is 1. The highest BCUT2D eigenvalue weighted by atomic mass is 32.1. The van der Waals surface area contributed by atoms with E-state index >= 15 is 0 Å². The minimum Gasteiger partial charge on any atom is -0.383 e. The van der Waals surface area contributed by atoms with Crippen LogP contribution in [0.3, 0.4) is 0 Å². The summed E-state index contributed by atoms with van der Waals surface area (Å²) in [5.74, 6) is 0.532. The molecule has 1 aromatic carbocycles. The predicted molar refractivity (Wildman–Crippen MR) is 133 cm³/mol. The van der Waals surface area contributed by atoms with Crippen molar-refractivity contribution in [3.05, 3.63) is 64.2 Å². The number of anilines is 1. The molecule has 0 saturated carbocycles. The molecular formula is C25H31N5OS. The number of piperazine rings is 1. The van der Waals surface area contributed by atoms with E-state index in [4.69, 9.17) is 5.73 Å². The summed E-state index contributed by atoms with van der Waals surface area (Å²) in [5, 5.41) is 1.27. The van der Waals surface area contributed by atoms with E-state index in [2.05, 4.69) is 53.0 Å². The Hall–Kier alpha value is -2.74. The van der Waals surface area contributed by atoms with Gasteiger partial charge in [-0.1, -0.05) is 18.2 Å². The van der Waals surface area contributed by atoms with Crippen LogP contribution in [-0.2, 0) is 17.9 Å². The van der Waals surface area contributed by atoms with Crippen molar-refractivity contribution in [2.75, 3.05) is 46.0 Å². The molecule has 0 atom stereocenters. The number of carbonyl (C=O) groups is 1. The van der Waals surface area contributed by atoms with Gasteiger partial charge in [-0.3, -0.25) is 9.69 Å². The molecule has 1 aliphatic rings. The maximum Gasteiger partial charge on any atom is 0.246 e. The SMILES string of the molecule is Cc1c(CN(C)C(=O)C=Cc2cnc(N)c(CN3CCN(C)CC3)c2)sc2ccccc12. The molecule has 0 spiro atoms. The van der Waals surface area contributed by atoms with E-state index in [1.807, 2.05) is 19.2 Å². The van der Waals surface area contributed by atoms with Gasteiger partial charge in [-0.05, 0) is 48.7 Å². The molecule has 1 amide bonds. The molecule has 7 heteroatoms. The average molecular weight is 450 g/mol. The first-order valence-electron chi connectivity index (χ1n) is 11.0. The molecule has 168 valence electrons. The number of hydrogen-bond acceptors (Lipinski definition) is 6. The van der Waals surface area contributed by atoms with Crippen LogP contribution >= 0.6 is 11.3 Å². The summed E-state index contributed by atoms with van der Waals surface area (Å²) in [5.41, 5.74) is 9.28. The highest BCUT2D eigenvalue weighted by Crippen LogP contribution is 2.31. The van der Waals surface area contributed by atoms with Gasteiger partial charge in [0.25, 0.3) is 0 Å². The van der Waals surface area contributed by atoms with Gasteiger partial charge in [-0.25, -0.2) is 4.98 Å². The number of benzene rings is 1. The predicted octanol–water partition coefficient (Wildman–Crippen LogP) is 3.61. The third-order valence-corrected chi connectivity index (χ3v) is 7.39. The van der Waals surface area contributed by atoms with Crippen LogP contribution in [0, 0.1) is 6.92 Å². The van der Waals surface area contributed by atoms with Gasteiger partial charge in [-0.2, -0.15) is 0 Å². The smallest absolute Gasteiger partial charge is 0.246 e. The van der Waals surface area contributed by atoms with Crippen molar-refractivity contribution in [2.24, 2.45) is 0 Å². The molecular weight excluding hydrogens is 418 g/mol. The molecule has 2 N–H and O–H groups in total. The summed E-state index contributed by atoms with van der Waals surface area (Å²) in [6.45, 7) is 7.69. The molecule has 0 radical (unpaired) electrons. The molecule has 0 unspecified atom stereocenters. The molecule has 1 aliphatic heterocycles. The van der Waals surface area contributed by atoms with Crippen molar-refractivity contribution < 1.29 is 4.79 Å². The molecule has 32 heavy (non-hydrogen) atoms. The van der Waals surface area contributed by atoms with E-state index in [9.17, 15) is 4.79 Å². The van der Waals surface area contributed by atoms with Gasteiger partial charge in [0.15, 0.2) is 0 Å². The molecule has 1 saturated heterocycles. The number of nitrogens with zero attached hydrogens (tertiary/aromatic N) is 4. The van der Waals surface area contributed by atoms with Gasteiger partial charge in [0.05, 0.1) is 6.54 Å². The highest BCUT2D eigenvalue weighted by molar-refractivity contribution is 7.19. The Bertz CT molecular complexity index is 1130. The second kappa shape index (κ2) is 9.81. The summed E-state index contributed by atoms with van der Waals surface area (Å²) < 4.78 is 1.26. The van der Waals surface area contributed by atoms with E-state index < -0.39 is 0 Å². The number of pyridine rings is 1. The minimum atomic E-state index is -0.0284. The fraction of sp³-hybridized carbons (Fsp3) is 0.360. The summed E-state index contributed by atoms with van der Waals surface area (Å²) in [6.07, 6.45) is 5.18.